The van der Waals surface area contributed by atoms with E-state index >= 15 is 0 Å². The molecule has 0 radical (unpaired) electrons. The molecule has 0 aliphatic carbocycles. The minimum atomic E-state index is -4.99. The summed E-state index contributed by atoms with van der Waals surface area (Å²) in [7, 11) is -9.96. The van der Waals surface area contributed by atoms with Crippen molar-refractivity contribution in [3.05, 3.63) is 97.2 Å². The summed E-state index contributed by atoms with van der Waals surface area (Å²) in [6, 6.07) is 0. The molecule has 0 heterocycles. The topological polar surface area (TPSA) is 237 Å². The number of esters is 4. The predicted molar refractivity (Wildman–Crippen MR) is 409 cm³/mol. The average Bonchev–Trinajstić information content (AvgIpc) is 0.926. The minimum Gasteiger partial charge on any atom is -0.462 e. The first-order chi connectivity index (χ1) is 48.7. The number of phosphoric acid groups is 2. The standard InChI is InChI=1S/C81H142O17P2/c1-5-9-13-17-21-25-29-32-35-36-37-38-41-43-47-50-54-58-62-66-79(84)92-72-77(98-81(86)68-64-60-56-52-48-44-40-34-31-27-23-19-15-11-7-3)74-96-100(89,90)94-70-75(82)69-93-99(87,88)95-73-76(97-80(85)67-63-59-55-51-45-28-24-20-16-12-8-4)71-91-78(83)65-61-57-53-49-46-42-39-33-30-26-22-18-14-10-6-2/h11,15,20-21,23-25,27,32,34-35,37-38,40,48,52,75-77,82H,5-10,12-14,16-19,22,26,28-31,33,36,39,41-47,49-51,53-74H2,1-4H3,(H,87,88)(H,89,90)/b15-11-,24-20-,25-21-,27-23-,35-32-,38-37-,40-34-,52-48-. The van der Waals surface area contributed by atoms with Gasteiger partial charge < -0.3 is 33.8 Å². The minimum absolute atomic E-state index is 0.0395. The summed E-state index contributed by atoms with van der Waals surface area (Å²) in [5, 5.41) is 10.6. The van der Waals surface area contributed by atoms with E-state index < -0.39 is 97.5 Å². The maximum atomic E-state index is 13.1. The molecule has 5 unspecified atom stereocenters. The van der Waals surface area contributed by atoms with Crippen LogP contribution in [0.25, 0.3) is 0 Å². The Labute approximate surface area is 607 Å². The number of hydrogen-bond donors (Lipinski definition) is 3. The molecule has 0 rings (SSSR count). The normalized spacial score (nSPS) is 14.4. The summed E-state index contributed by atoms with van der Waals surface area (Å²) in [5.74, 6) is -2.23. The second-order valence-corrected chi connectivity index (χ2v) is 29.2. The molecule has 0 aliphatic rings. The number of phosphoric ester groups is 2. The molecule has 17 nitrogen and oxygen atoms in total. The molecule has 0 saturated carbocycles. The number of carbonyl (C=O) groups excluding carboxylic acids is 4. The lowest BCUT2D eigenvalue weighted by Gasteiger charge is -2.21. The third kappa shape index (κ3) is 72.3. The largest absolute Gasteiger partial charge is 0.472 e. The van der Waals surface area contributed by atoms with Crippen molar-refractivity contribution in [3.8, 4) is 0 Å². The third-order valence-corrected chi connectivity index (χ3v) is 18.4. The second-order valence-electron chi connectivity index (χ2n) is 26.3. The number of ether oxygens (including phenoxy) is 4. The van der Waals surface area contributed by atoms with Gasteiger partial charge in [0.15, 0.2) is 12.2 Å². The van der Waals surface area contributed by atoms with Crippen LogP contribution in [0, 0.1) is 0 Å². The zero-order valence-electron chi connectivity index (χ0n) is 63.1. The van der Waals surface area contributed by atoms with Crippen molar-refractivity contribution in [3.63, 3.8) is 0 Å². The Bertz CT molecular complexity index is 2270. The summed E-state index contributed by atoms with van der Waals surface area (Å²) in [5.41, 5.74) is 0. The maximum Gasteiger partial charge on any atom is 0.472 e. The van der Waals surface area contributed by atoms with Crippen molar-refractivity contribution >= 4 is 39.5 Å². The van der Waals surface area contributed by atoms with Gasteiger partial charge in [0, 0.05) is 25.7 Å². The molecule has 0 saturated heterocycles. The Hall–Kier alpha value is -4.02. The molecule has 0 spiro atoms. The van der Waals surface area contributed by atoms with E-state index in [1.807, 2.05) is 0 Å². The van der Waals surface area contributed by atoms with Crippen LogP contribution in [-0.4, -0.2) is 96.7 Å². The van der Waals surface area contributed by atoms with Crippen molar-refractivity contribution < 1.29 is 80.2 Å². The first kappa shape index (κ1) is 96.0. The summed E-state index contributed by atoms with van der Waals surface area (Å²) >= 11 is 0. The van der Waals surface area contributed by atoms with E-state index in [1.165, 1.54) is 103 Å². The lowest BCUT2D eigenvalue weighted by atomic mass is 10.0. The lowest BCUT2D eigenvalue weighted by molar-refractivity contribution is -0.161. The van der Waals surface area contributed by atoms with E-state index in [4.69, 9.17) is 37.0 Å². The molecule has 0 bridgehead atoms. The molecule has 0 aromatic heterocycles. The zero-order chi connectivity index (χ0) is 73.2. The van der Waals surface area contributed by atoms with E-state index in [0.717, 1.165) is 148 Å². The Morgan fingerprint density at radius 2 is 0.530 bits per heavy atom. The van der Waals surface area contributed by atoms with Gasteiger partial charge in [-0.1, -0.05) is 285 Å². The lowest BCUT2D eigenvalue weighted by Crippen LogP contribution is -2.30. The fraction of sp³-hybridized carbons (Fsp3) is 0.753. The Morgan fingerprint density at radius 3 is 0.880 bits per heavy atom. The number of aliphatic hydroxyl groups excluding tert-OH is 1. The van der Waals surface area contributed by atoms with Crippen LogP contribution in [0.4, 0.5) is 0 Å². The fourth-order valence-corrected chi connectivity index (χ4v) is 12.1. The highest BCUT2D eigenvalue weighted by Gasteiger charge is 2.30. The maximum absolute atomic E-state index is 13.1. The number of unbranched alkanes of at least 4 members (excludes halogenated alkanes) is 32. The number of aliphatic hydroxyl groups is 1. The molecule has 19 heteroatoms. The molecule has 5 atom stereocenters. The zero-order valence-corrected chi connectivity index (χ0v) is 64.9. The van der Waals surface area contributed by atoms with Gasteiger partial charge in [-0.3, -0.25) is 37.3 Å². The van der Waals surface area contributed by atoms with Crippen molar-refractivity contribution in [2.45, 2.75) is 354 Å². The summed E-state index contributed by atoms with van der Waals surface area (Å²) in [4.78, 5) is 72.9. The Balaban J connectivity index is 5.35. The first-order valence-corrected chi connectivity index (χ1v) is 42.5. The number of allylic oxidation sites excluding steroid dienone is 16. The smallest absolute Gasteiger partial charge is 0.462 e. The van der Waals surface area contributed by atoms with E-state index in [2.05, 4.69) is 125 Å². The van der Waals surface area contributed by atoms with E-state index in [9.17, 15) is 43.2 Å². The van der Waals surface area contributed by atoms with Crippen molar-refractivity contribution in [2.24, 2.45) is 0 Å². The molecular weight excluding hydrogens is 1310 g/mol. The van der Waals surface area contributed by atoms with Gasteiger partial charge >= 0.3 is 39.5 Å². The molecule has 3 N–H and O–H groups in total. The second kappa shape index (κ2) is 73.3. The molecule has 0 aromatic carbocycles. The summed E-state index contributed by atoms with van der Waals surface area (Å²) in [6.07, 6.45) is 76.8. The van der Waals surface area contributed by atoms with Gasteiger partial charge in [-0.15, -0.1) is 0 Å². The first-order valence-electron chi connectivity index (χ1n) is 39.5. The van der Waals surface area contributed by atoms with Crippen molar-refractivity contribution in [1.29, 1.82) is 0 Å². The number of rotatable bonds is 74. The van der Waals surface area contributed by atoms with Gasteiger partial charge in [-0.05, 0) is 122 Å². The van der Waals surface area contributed by atoms with Crippen LogP contribution in [0.5, 0.6) is 0 Å². The van der Waals surface area contributed by atoms with Crippen LogP contribution in [0.15, 0.2) is 97.2 Å². The van der Waals surface area contributed by atoms with Crippen LogP contribution < -0.4 is 0 Å². The Kier molecular flexibility index (Phi) is 70.4. The molecule has 100 heavy (non-hydrogen) atoms. The van der Waals surface area contributed by atoms with Crippen LogP contribution >= 0.6 is 15.6 Å². The van der Waals surface area contributed by atoms with Gasteiger partial charge in [-0.25, -0.2) is 9.13 Å². The predicted octanol–water partition coefficient (Wildman–Crippen LogP) is 22.8. The van der Waals surface area contributed by atoms with Gasteiger partial charge in [0.25, 0.3) is 0 Å². The van der Waals surface area contributed by atoms with E-state index in [1.54, 1.807) is 0 Å². The molecule has 0 aromatic rings. The highest BCUT2D eigenvalue weighted by atomic mass is 31.2. The average molecular weight is 1450 g/mol. The Morgan fingerprint density at radius 1 is 0.290 bits per heavy atom. The molecule has 0 fully saturated rings. The highest BCUT2D eigenvalue weighted by Crippen LogP contribution is 2.45. The summed E-state index contributed by atoms with van der Waals surface area (Å²) in [6.45, 7) is 4.66. The molecule has 0 aliphatic heterocycles. The molecular formula is C81H142O17P2. The van der Waals surface area contributed by atoms with E-state index in [-0.39, 0.29) is 25.7 Å². The van der Waals surface area contributed by atoms with Crippen LogP contribution in [0.3, 0.4) is 0 Å². The van der Waals surface area contributed by atoms with Gasteiger partial charge in [0.1, 0.15) is 19.3 Å². The fourth-order valence-electron chi connectivity index (χ4n) is 10.5. The van der Waals surface area contributed by atoms with Crippen LogP contribution in [-0.2, 0) is 65.4 Å². The van der Waals surface area contributed by atoms with Crippen LogP contribution in [0.2, 0.25) is 0 Å². The van der Waals surface area contributed by atoms with Gasteiger partial charge in [0.05, 0.1) is 26.4 Å². The number of carbonyl (C=O) groups is 4. The third-order valence-electron chi connectivity index (χ3n) is 16.5. The molecule has 0 amide bonds. The van der Waals surface area contributed by atoms with Crippen LogP contribution in [0.1, 0.15) is 336 Å². The molecule has 578 valence electrons. The number of hydrogen-bond acceptors (Lipinski definition) is 15. The van der Waals surface area contributed by atoms with E-state index in [0.29, 0.717) is 32.1 Å². The van der Waals surface area contributed by atoms with Gasteiger partial charge in [0.2, 0.25) is 0 Å². The highest BCUT2D eigenvalue weighted by molar-refractivity contribution is 7.47. The summed E-state index contributed by atoms with van der Waals surface area (Å²) < 4.78 is 68.5. The van der Waals surface area contributed by atoms with Crippen molar-refractivity contribution in [1.82, 2.24) is 0 Å². The quantitative estimate of drug-likeness (QED) is 0.0169. The van der Waals surface area contributed by atoms with Crippen molar-refractivity contribution in [2.75, 3.05) is 39.6 Å². The monoisotopic (exact) mass is 1450 g/mol. The van der Waals surface area contributed by atoms with Gasteiger partial charge in [-0.2, -0.15) is 0 Å². The SMILES string of the molecule is CC/C=C\C/C=C\C/C=C\C/C=C\CCCCC(=O)OC(COC(=O)CCCCCCCC/C=C\C/C=C\C/C=C\CCCCC)COP(=O)(O)OCC(O)COP(=O)(O)OCC(COC(=O)CCCCCCCCCCCCCCCCC)OC(=O)CCCCCCC/C=C\CCCC.